The minimum atomic E-state index is -0.356. The van der Waals surface area contributed by atoms with Crippen LogP contribution in [0, 0.1) is 24.5 Å². The van der Waals surface area contributed by atoms with Crippen molar-refractivity contribution < 1.29 is 18.5 Å². The van der Waals surface area contributed by atoms with Gasteiger partial charge in [0, 0.05) is 78.4 Å². The number of benzene rings is 2. The van der Waals surface area contributed by atoms with Crippen molar-refractivity contribution in [3.8, 4) is 0 Å². The maximum Gasteiger partial charge on any atom is 0.256 e. The Hall–Kier alpha value is -4.12. The fourth-order valence-corrected chi connectivity index (χ4v) is 7.68. The third-order valence-electron chi connectivity index (χ3n) is 10.3. The van der Waals surface area contributed by atoms with Crippen molar-refractivity contribution in [2.45, 2.75) is 70.8 Å². The minimum absolute atomic E-state index is 0.0302. The molecule has 7 rings (SSSR count). The summed E-state index contributed by atoms with van der Waals surface area (Å²) in [6.45, 7) is 6.47. The topological polar surface area (TPSA) is 100.0 Å². The predicted molar refractivity (Wildman–Crippen MR) is 172 cm³/mol. The van der Waals surface area contributed by atoms with E-state index in [9.17, 15) is 18.8 Å². The van der Waals surface area contributed by atoms with Gasteiger partial charge in [0.15, 0.2) is 5.58 Å². The Kier molecular flexibility index (Phi) is 8.59. The van der Waals surface area contributed by atoms with Crippen LogP contribution in [0.5, 0.6) is 0 Å². The molecule has 11 heteroatoms. The number of fused-ring (bicyclic) bond motifs is 2. The third kappa shape index (κ3) is 5.92. The summed E-state index contributed by atoms with van der Waals surface area (Å²) in [5.74, 6) is 0.404. The molecule has 0 spiro atoms. The van der Waals surface area contributed by atoms with Crippen LogP contribution >= 0.6 is 0 Å². The molecule has 2 saturated heterocycles. The number of piperidine rings is 2. The SMILES string of the molecule is Cc1nc2n(c(=O)c1CCN1CCC(C(=NO)c3ccc(F)cc3N3CCC(c4noc5cc(F)ccc45)CC3)CC1)CCCC2. The van der Waals surface area contributed by atoms with Gasteiger partial charge in [-0.05, 0) is 95.3 Å². The van der Waals surface area contributed by atoms with Crippen LogP contribution < -0.4 is 10.5 Å². The highest BCUT2D eigenvalue weighted by Gasteiger charge is 2.31. The van der Waals surface area contributed by atoms with Crippen molar-refractivity contribution in [2.24, 2.45) is 11.1 Å². The number of hydrogen-bond acceptors (Lipinski definition) is 8. The fraction of sp³-hybridized carbons (Fsp3) is 0.486. The second kappa shape index (κ2) is 12.9. The zero-order valence-electron chi connectivity index (χ0n) is 26.2. The summed E-state index contributed by atoms with van der Waals surface area (Å²) in [5.41, 5.74) is 5.14. The van der Waals surface area contributed by atoms with Crippen molar-refractivity contribution >= 4 is 22.4 Å². The minimum Gasteiger partial charge on any atom is -0.411 e. The standard InChI is InChI=1S/C35H40F2N6O3/c1-22-27(35(44)43-14-3-2-4-32(43)38-22)13-17-41-15-9-23(10-16-41)33(39-45)28-7-5-25(36)20-30(28)42-18-11-24(12-19-42)34-29-8-6-26(37)21-31(29)46-40-34/h5-8,20-21,23-24,45H,2-4,9-19H2,1H3. The summed E-state index contributed by atoms with van der Waals surface area (Å²) in [6, 6.07) is 9.20. The molecule has 2 aromatic heterocycles. The van der Waals surface area contributed by atoms with Gasteiger partial charge in [-0.25, -0.2) is 13.8 Å². The third-order valence-corrected chi connectivity index (χ3v) is 10.3. The first-order valence-corrected chi connectivity index (χ1v) is 16.5. The molecule has 1 N–H and O–H groups in total. The number of oxime groups is 1. The number of nitrogens with zero attached hydrogens (tertiary/aromatic N) is 6. The number of aryl methyl sites for hydroxylation is 2. The molecule has 0 saturated carbocycles. The lowest BCUT2D eigenvalue weighted by atomic mass is 9.86. The Bertz CT molecular complexity index is 1820. The van der Waals surface area contributed by atoms with E-state index in [-0.39, 0.29) is 29.0 Å². The van der Waals surface area contributed by atoms with Gasteiger partial charge in [0.25, 0.3) is 5.56 Å². The first-order chi connectivity index (χ1) is 22.4. The highest BCUT2D eigenvalue weighted by Crippen LogP contribution is 2.36. The summed E-state index contributed by atoms with van der Waals surface area (Å²) >= 11 is 0. The maximum absolute atomic E-state index is 14.6. The molecule has 0 unspecified atom stereocenters. The summed E-state index contributed by atoms with van der Waals surface area (Å²) in [4.78, 5) is 22.5. The van der Waals surface area contributed by atoms with Crippen molar-refractivity contribution in [1.82, 2.24) is 19.6 Å². The van der Waals surface area contributed by atoms with Gasteiger partial charge in [0.1, 0.15) is 17.5 Å². The Labute approximate surface area is 266 Å². The molecule has 0 aliphatic carbocycles. The quantitative estimate of drug-likeness (QED) is 0.156. The Morgan fingerprint density at radius 3 is 2.54 bits per heavy atom. The van der Waals surface area contributed by atoms with Crippen LogP contribution in [0.25, 0.3) is 11.0 Å². The molecule has 5 heterocycles. The molecule has 0 amide bonds. The zero-order chi connectivity index (χ0) is 31.8. The van der Waals surface area contributed by atoms with Gasteiger partial charge in [-0.1, -0.05) is 10.3 Å². The number of halogens is 2. The first kappa shape index (κ1) is 30.5. The van der Waals surface area contributed by atoms with E-state index < -0.39 is 0 Å². The molecular formula is C35H40F2N6O3. The van der Waals surface area contributed by atoms with Crippen LogP contribution in [-0.4, -0.2) is 63.3 Å². The molecule has 2 fully saturated rings. The van der Waals surface area contributed by atoms with Gasteiger partial charge >= 0.3 is 0 Å². The van der Waals surface area contributed by atoms with Gasteiger partial charge in [-0.2, -0.15) is 0 Å². The Morgan fingerprint density at radius 1 is 1.00 bits per heavy atom. The zero-order valence-corrected chi connectivity index (χ0v) is 26.2. The summed E-state index contributed by atoms with van der Waals surface area (Å²) in [6.07, 6.45) is 6.82. The lowest BCUT2D eigenvalue weighted by Gasteiger charge is -2.36. The average Bonchev–Trinajstić information content (AvgIpc) is 3.49. The van der Waals surface area contributed by atoms with Crippen LogP contribution in [0.3, 0.4) is 0 Å². The number of rotatable bonds is 7. The molecule has 3 aliphatic rings. The summed E-state index contributed by atoms with van der Waals surface area (Å²) < 4.78 is 35.5. The normalized spacial score (nSPS) is 18.8. The van der Waals surface area contributed by atoms with Gasteiger partial charge in [-0.3, -0.25) is 9.36 Å². The van der Waals surface area contributed by atoms with Gasteiger partial charge in [0.05, 0.1) is 11.4 Å². The van der Waals surface area contributed by atoms with Gasteiger partial charge in [0.2, 0.25) is 0 Å². The number of anilines is 1. The lowest BCUT2D eigenvalue weighted by molar-refractivity contribution is 0.208. The Balaban J connectivity index is 1.00. The van der Waals surface area contributed by atoms with Crippen LogP contribution in [0.4, 0.5) is 14.5 Å². The van der Waals surface area contributed by atoms with E-state index in [1.165, 1.54) is 24.3 Å². The average molecular weight is 631 g/mol. The summed E-state index contributed by atoms with van der Waals surface area (Å²) in [5, 5.41) is 19.1. The second-order valence-electron chi connectivity index (χ2n) is 13.0. The summed E-state index contributed by atoms with van der Waals surface area (Å²) in [7, 11) is 0. The molecule has 0 atom stereocenters. The van der Waals surface area contributed by atoms with Crippen molar-refractivity contribution in [3.05, 3.63) is 86.7 Å². The molecule has 0 bridgehead atoms. The van der Waals surface area contributed by atoms with E-state index in [1.807, 2.05) is 11.5 Å². The van der Waals surface area contributed by atoms with Crippen molar-refractivity contribution in [1.29, 1.82) is 0 Å². The molecule has 0 radical (unpaired) electrons. The predicted octanol–water partition coefficient (Wildman–Crippen LogP) is 5.82. The molecule has 46 heavy (non-hydrogen) atoms. The van der Waals surface area contributed by atoms with Crippen LogP contribution in [-0.2, 0) is 19.4 Å². The smallest absolute Gasteiger partial charge is 0.256 e. The largest absolute Gasteiger partial charge is 0.411 e. The van der Waals surface area contributed by atoms with E-state index in [4.69, 9.17) is 9.51 Å². The highest BCUT2D eigenvalue weighted by molar-refractivity contribution is 6.06. The number of hydrogen-bond donors (Lipinski definition) is 1. The van der Waals surface area contributed by atoms with Crippen molar-refractivity contribution in [3.63, 3.8) is 0 Å². The maximum atomic E-state index is 14.6. The van der Waals surface area contributed by atoms with E-state index in [0.717, 1.165) is 111 Å². The fourth-order valence-electron chi connectivity index (χ4n) is 7.68. The second-order valence-corrected chi connectivity index (χ2v) is 13.0. The molecule has 3 aliphatic heterocycles. The molecule has 9 nitrogen and oxygen atoms in total. The van der Waals surface area contributed by atoms with Crippen molar-refractivity contribution in [2.75, 3.05) is 37.6 Å². The van der Waals surface area contributed by atoms with E-state index in [2.05, 4.69) is 20.1 Å². The Morgan fingerprint density at radius 2 is 1.76 bits per heavy atom. The number of aromatic nitrogens is 3. The van der Waals surface area contributed by atoms with Gasteiger partial charge < -0.3 is 19.5 Å². The van der Waals surface area contributed by atoms with E-state index >= 15 is 0 Å². The molecule has 4 aromatic rings. The molecule has 242 valence electrons. The first-order valence-electron chi connectivity index (χ1n) is 16.5. The van der Waals surface area contributed by atoms with E-state index in [0.29, 0.717) is 30.8 Å². The van der Waals surface area contributed by atoms with Crippen LogP contribution in [0.2, 0.25) is 0 Å². The lowest BCUT2D eigenvalue weighted by Crippen LogP contribution is -2.40. The number of likely N-dealkylation sites (tertiary alicyclic amines) is 1. The van der Waals surface area contributed by atoms with Crippen LogP contribution in [0.1, 0.15) is 72.8 Å². The van der Waals surface area contributed by atoms with Gasteiger partial charge in [-0.15, -0.1) is 0 Å². The molecular weight excluding hydrogens is 590 g/mol. The van der Waals surface area contributed by atoms with Crippen LogP contribution in [0.15, 0.2) is 50.9 Å². The molecule has 2 aromatic carbocycles. The van der Waals surface area contributed by atoms with E-state index in [1.54, 1.807) is 12.1 Å². The highest BCUT2D eigenvalue weighted by atomic mass is 19.1. The monoisotopic (exact) mass is 630 g/mol.